The van der Waals surface area contributed by atoms with E-state index in [4.69, 9.17) is 5.73 Å². The Bertz CT molecular complexity index is 428. The standard InChI is InChI=1S/C15H24FN3/c1-11-8-15(14(17)9-13(11)16)18-10-12(2)19-6-4-3-5-7-19/h8-9,12,18H,3-7,10,17H2,1-2H3. The van der Waals surface area contributed by atoms with Crippen molar-refractivity contribution >= 4 is 11.4 Å². The van der Waals surface area contributed by atoms with E-state index >= 15 is 0 Å². The van der Waals surface area contributed by atoms with Gasteiger partial charge in [-0.05, 0) is 57.5 Å². The molecule has 1 aliphatic rings. The normalized spacial score (nSPS) is 18.3. The molecule has 0 aliphatic carbocycles. The third-order valence-electron chi connectivity index (χ3n) is 3.93. The number of rotatable bonds is 4. The van der Waals surface area contributed by atoms with E-state index in [0.29, 0.717) is 17.3 Å². The SMILES string of the molecule is Cc1cc(NCC(C)N2CCCCC2)c(N)cc1F. The fourth-order valence-corrected chi connectivity index (χ4v) is 2.60. The molecule has 3 nitrogen and oxygen atoms in total. The summed E-state index contributed by atoms with van der Waals surface area (Å²) in [5.74, 6) is -0.243. The molecule has 19 heavy (non-hydrogen) atoms. The molecule has 0 aromatic heterocycles. The van der Waals surface area contributed by atoms with Crippen LogP contribution in [-0.4, -0.2) is 30.6 Å². The summed E-state index contributed by atoms with van der Waals surface area (Å²) >= 11 is 0. The fourth-order valence-electron chi connectivity index (χ4n) is 2.60. The highest BCUT2D eigenvalue weighted by Gasteiger charge is 2.16. The second-order valence-corrected chi connectivity index (χ2v) is 5.52. The van der Waals surface area contributed by atoms with E-state index in [2.05, 4.69) is 17.1 Å². The van der Waals surface area contributed by atoms with Gasteiger partial charge in [-0.15, -0.1) is 0 Å². The smallest absolute Gasteiger partial charge is 0.128 e. The van der Waals surface area contributed by atoms with E-state index in [1.807, 2.05) is 0 Å². The van der Waals surface area contributed by atoms with Crippen LogP contribution in [0.1, 0.15) is 31.7 Å². The van der Waals surface area contributed by atoms with Gasteiger partial charge in [-0.2, -0.15) is 0 Å². The number of nitrogen functional groups attached to an aromatic ring is 1. The minimum absolute atomic E-state index is 0.243. The molecule has 0 bridgehead atoms. The quantitative estimate of drug-likeness (QED) is 0.822. The Kier molecular flexibility index (Phi) is 4.64. The van der Waals surface area contributed by atoms with E-state index in [9.17, 15) is 4.39 Å². The molecule has 1 aliphatic heterocycles. The number of nitrogens with two attached hydrogens (primary N) is 1. The number of hydrogen-bond donors (Lipinski definition) is 2. The van der Waals surface area contributed by atoms with Crippen LogP contribution in [-0.2, 0) is 0 Å². The average Bonchev–Trinajstić information content (AvgIpc) is 2.42. The zero-order valence-electron chi connectivity index (χ0n) is 11.9. The van der Waals surface area contributed by atoms with Gasteiger partial charge in [0.1, 0.15) is 5.82 Å². The van der Waals surface area contributed by atoms with Crippen LogP contribution in [0.5, 0.6) is 0 Å². The molecule has 1 unspecified atom stereocenters. The third-order valence-corrected chi connectivity index (χ3v) is 3.93. The van der Waals surface area contributed by atoms with Gasteiger partial charge in [0, 0.05) is 12.6 Å². The second kappa shape index (κ2) is 6.24. The molecule has 0 amide bonds. The Hall–Kier alpha value is -1.29. The molecule has 1 aromatic carbocycles. The van der Waals surface area contributed by atoms with E-state index < -0.39 is 0 Å². The first-order chi connectivity index (χ1) is 9.08. The van der Waals surface area contributed by atoms with Gasteiger partial charge in [-0.1, -0.05) is 6.42 Å². The van der Waals surface area contributed by atoms with E-state index in [0.717, 1.165) is 12.2 Å². The number of benzene rings is 1. The lowest BCUT2D eigenvalue weighted by molar-refractivity contribution is 0.180. The molecular weight excluding hydrogens is 241 g/mol. The lowest BCUT2D eigenvalue weighted by Crippen LogP contribution is -2.41. The van der Waals surface area contributed by atoms with E-state index in [1.54, 1.807) is 13.0 Å². The van der Waals surface area contributed by atoms with Gasteiger partial charge in [0.25, 0.3) is 0 Å². The van der Waals surface area contributed by atoms with Gasteiger partial charge >= 0.3 is 0 Å². The zero-order chi connectivity index (χ0) is 13.8. The Labute approximate surface area is 115 Å². The van der Waals surface area contributed by atoms with Crippen LogP contribution in [0.4, 0.5) is 15.8 Å². The minimum atomic E-state index is -0.243. The molecule has 0 saturated carbocycles. The predicted molar refractivity (Wildman–Crippen MR) is 78.9 cm³/mol. The summed E-state index contributed by atoms with van der Waals surface area (Å²) in [6.07, 6.45) is 3.94. The van der Waals surface area contributed by atoms with Gasteiger partial charge in [0.15, 0.2) is 0 Å². The third kappa shape index (κ3) is 3.60. The molecule has 0 radical (unpaired) electrons. The maximum absolute atomic E-state index is 13.3. The number of anilines is 2. The van der Waals surface area contributed by atoms with Crippen LogP contribution in [0.3, 0.4) is 0 Å². The van der Waals surface area contributed by atoms with Crippen LogP contribution < -0.4 is 11.1 Å². The molecule has 2 rings (SSSR count). The number of aryl methyl sites for hydroxylation is 1. The molecule has 0 spiro atoms. The highest BCUT2D eigenvalue weighted by Crippen LogP contribution is 2.23. The summed E-state index contributed by atoms with van der Waals surface area (Å²) in [5, 5.41) is 3.34. The summed E-state index contributed by atoms with van der Waals surface area (Å²) in [6, 6.07) is 3.65. The summed E-state index contributed by atoms with van der Waals surface area (Å²) in [6.45, 7) is 7.19. The van der Waals surface area contributed by atoms with Gasteiger partial charge in [0.2, 0.25) is 0 Å². The Morgan fingerprint density at radius 1 is 1.32 bits per heavy atom. The zero-order valence-corrected chi connectivity index (χ0v) is 11.9. The first-order valence-electron chi connectivity index (χ1n) is 7.11. The van der Waals surface area contributed by atoms with Gasteiger partial charge in [0.05, 0.1) is 11.4 Å². The predicted octanol–water partition coefficient (Wildman–Crippen LogP) is 3.00. The summed E-state index contributed by atoms with van der Waals surface area (Å²) in [5.41, 5.74) is 7.78. The fraction of sp³-hybridized carbons (Fsp3) is 0.600. The summed E-state index contributed by atoms with van der Waals surface area (Å²) in [4.78, 5) is 2.50. The molecule has 4 heteroatoms. The van der Waals surface area contributed by atoms with Crippen LogP contribution >= 0.6 is 0 Å². The van der Waals surface area contributed by atoms with Crippen LogP contribution in [0.2, 0.25) is 0 Å². The minimum Gasteiger partial charge on any atom is -0.397 e. The molecule has 1 atom stereocenters. The second-order valence-electron chi connectivity index (χ2n) is 5.52. The molecule has 1 heterocycles. The van der Waals surface area contributed by atoms with Crippen molar-refractivity contribution in [2.24, 2.45) is 0 Å². The van der Waals surface area contributed by atoms with Crippen molar-refractivity contribution in [1.29, 1.82) is 0 Å². The first-order valence-corrected chi connectivity index (χ1v) is 7.11. The maximum Gasteiger partial charge on any atom is 0.128 e. The molecule has 3 N–H and O–H groups in total. The van der Waals surface area contributed by atoms with Gasteiger partial charge in [-0.3, -0.25) is 4.90 Å². The van der Waals surface area contributed by atoms with Crippen molar-refractivity contribution in [1.82, 2.24) is 4.90 Å². The highest BCUT2D eigenvalue weighted by atomic mass is 19.1. The number of hydrogen-bond acceptors (Lipinski definition) is 3. The molecule has 1 aromatic rings. The Morgan fingerprint density at radius 2 is 2.00 bits per heavy atom. The molecular formula is C15H24FN3. The number of piperidine rings is 1. The number of likely N-dealkylation sites (tertiary alicyclic amines) is 1. The molecule has 1 fully saturated rings. The summed E-state index contributed by atoms with van der Waals surface area (Å²) < 4.78 is 13.3. The molecule has 1 saturated heterocycles. The van der Waals surface area contributed by atoms with Crippen LogP contribution in [0.15, 0.2) is 12.1 Å². The monoisotopic (exact) mass is 265 g/mol. The Morgan fingerprint density at radius 3 is 2.68 bits per heavy atom. The van der Waals surface area contributed by atoms with Crippen molar-refractivity contribution < 1.29 is 4.39 Å². The van der Waals surface area contributed by atoms with Crippen LogP contribution in [0, 0.1) is 12.7 Å². The number of nitrogens with one attached hydrogen (secondary N) is 1. The van der Waals surface area contributed by atoms with Crippen molar-refractivity contribution in [2.75, 3.05) is 30.7 Å². The van der Waals surface area contributed by atoms with Gasteiger partial charge < -0.3 is 11.1 Å². The summed E-state index contributed by atoms with van der Waals surface area (Å²) in [7, 11) is 0. The topological polar surface area (TPSA) is 41.3 Å². The van der Waals surface area contributed by atoms with Crippen molar-refractivity contribution in [3.63, 3.8) is 0 Å². The lowest BCUT2D eigenvalue weighted by atomic mass is 10.1. The molecule has 106 valence electrons. The lowest BCUT2D eigenvalue weighted by Gasteiger charge is -2.32. The van der Waals surface area contributed by atoms with Crippen molar-refractivity contribution in [3.8, 4) is 0 Å². The van der Waals surface area contributed by atoms with Crippen LogP contribution in [0.25, 0.3) is 0 Å². The number of halogens is 1. The highest BCUT2D eigenvalue weighted by molar-refractivity contribution is 5.67. The first kappa shape index (κ1) is 14.1. The largest absolute Gasteiger partial charge is 0.397 e. The van der Waals surface area contributed by atoms with E-state index in [1.165, 1.54) is 38.4 Å². The number of nitrogens with zero attached hydrogens (tertiary/aromatic N) is 1. The van der Waals surface area contributed by atoms with Crippen molar-refractivity contribution in [3.05, 3.63) is 23.5 Å². The van der Waals surface area contributed by atoms with Crippen molar-refractivity contribution in [2.45, 2.75) is 39.2 Å². The maximum atomic E-state index is 13.3. The van der Waals surface area contributed by atoms with E-state index in [-0.39, 0.29) is 5.82 Å². The average molecular weight is 265 g/mol. The Balaban J connectivity index is 1.92. The van der Waals surface area contributed by atoms with Gasteiger partial charge in [-0.25, -0.2) is 4.39 Å².